The Morgan fingerprint density at radius 2 is 2.45 bits per heavy atom. The molecule has 0 aliphatic carbocycles. The van der Waals surface area contributed by atoms with Crippen LogP contribution < -0.4 is 5.32 Å². The van der Waals surface area contributed by atoms with Crippen molar-refractivity contribution in [3.63, 3.8) is 0 Å². The monoisotopic (exact) mass is 277 g/mol. The summed E-state index contributed by atoms with van der Waals surface area (Å²) in [6, 6.07) is 1.84. The summed E-state index contributed by atoms with van der Waals surface area (Å²) in [7, 11) is 0. The number of hydrogen-bond donors (Lipinski definition) is 2. The first-order valence-corrected chi connectivity index (χ1v) is 7.34. The Morgan fingerprint density at radius 1 is 1.60 bits per heavy atom. The topological polar surface area (TPSA) is 65.5 Å². The molecule has 1 unspecified atom stereocenters. The van der Waals surface area contributed by atoms with Gasteiger partial charge in [0.1, 0.15) is 0 Å². The van der Waals surface area contributed by atoms with Gasteiger partial charge in [0.25, 0.3) is 5.91 Å². The first-order chi connectivity index (χ1) is 9.76. The molecule has 0 saturated carbocycles. The largest absolute Gasteiger partial charge is 0.396 e. The van der Waals surface area contributed by atoms with Crippen molar-refractivity contribution in [1.29, 1.82) is 0 Å². The van der Waals surface area contributed by atoms with E-state index in [1.807, 2.05) is 11.0 Å². The van der Waals surface area contributed by atoms with Crippen LogP contribution >= 0.6 is 0 Å². The van der Waals surface area contributed by atoms with Gasteiger partial charge in [-0.2, -0.15) is 0 Å². The van der Waals surface area contributed by atoms with E-state index < -0.39 is 0 Å². The fourth-order valence-electron chi connectivity index (χ4n) is 2.55. The molecule has 1 atom stereocenters. The summed E-state index contributed by atoms with van der Waals surface area (Å²) in [6.45, 7) is 4.47. The van der Waals surface area contributed by atoms with Gasteiger partial charge in [0.05, 0.1) is 11.3 Å². The molecular formula is C15H23N3O2. The van der Waals surface area contributed by atoms with Crippen molar-refractivity contribution < 1.29 is 9.90 Å². The number of aliphatic hydroxyl groups excluding tert-OH is 1. The van der Waals surface area contributed by atoms with Crippen LogP contribution in [0.25, 0.3) is 0 Å². The molecule has 0 spiro atoms. The lowest BCUT2D eigenvalue weighted by Crippen LogP contribution is -2.41. The highest BCUT2D eigenvalue weighted by Crippen LogP contribution is 2.21. The standard InChI is InChI=1S/C15H23N3O2/c1-2-6-17-14-5-7-16-9-13(14)15(20)18-8-3-4-12(10-18)11-19/h5,7,9,12,19H,2-4,6,8,10-11H2,1H3,(H,16,17). The third-order valence-corrected chi connectivity index (χ3v) is 3.68. The van der Waals surface area contributed by atoms with Crippen molar-refractivity contribution in [1.82, 2.24) is 9.88 Å². The van der Waals surface area contributed by atoms with Crippen molar-refractivity contribution in [2.75, 3.05) is 31.6 Å². The van der Waals surface area contributed by atoms with Crippen molar-refractivity contribution in [2.24, 2.45) is 5.92 Å². The van der Waals surface area contributed by atoms with Crippen LogP contribution in [0.1, 0.15) is 36.5 Å². The summed E-state index contributed by atoms with van der Waals surface area (Å²) in [6.07, 6.45) is 6.28. The summed E-state index contributed by atoms with van der Waals surface area (Å²) in [5, 5.41) is 12.5. The van der Waals surface area contributed by atoms with Crippen LogP contribution in [0.2, 0.25) is 0 Å². The molecule has 5 heteroatoms. The third-order valence-electron chi connectivity index (χ3n) is 3.68. The molecule has 0 bridgehead atoms. The summed E-state index contributed by atoms with van der Waals surface area (Å²) in [5.41, 5.74) is 1.47. The molecule has 0 radical (unpaired) electrons. The maximum atomic E-state index is 12.6. The number of rotatable bonds is 5. The van der Waals surface area contributed by atoms with Gasteiger partial charge in [-0.3, -0.25) is 9.78 Å². The normalized spacial score (nSPS) is 18.9. The van der Waals surface area contributed by atoms with E-state index in [2.05, 4.69) is 17.2 Å². The Labute approximate surface area is 120 Å². The van der Waals surface area contributed by atoms with Crippen LogP contribution in [0.3, 0.4) is 0 Å². The molecule has 1 aliphatic rings. The number of carbonyl (C=O) groups excluding carboxylic acids is 1. The zero-order chi connectivity index (χ0) is 14.4. The van der Waals surface area contributed by atoms with Crippen LogP contribution in [-0.2, 0) is 0 Å². The molecule has 20 heavy (non-hydrogen) atoms. The number of nitrogens with one attached hydrogen (secondary N) is 1. The van der Waals surface area contributed by atoms with E-state index >= 15 is 0 Å². The Hall–Kier alpha value is -1.62. The predicted molar refractivity (Wildman–Crippen MR) is 78.7 cm³/mol. The van der Waals surface area contributed by atoms with Gasteiger partial charge in [-0.1, -0.05) is 6.92 Å². The van der Waals surface area contributed by atoms with Gasteiger partial charge in [0.15, 0.2) is 0 Å². The Kier molecular flexibility index (Phi) is 5.35. The van der Waals surface area contributed by atoms with E-state index in [0.717, 1.165) is 38.0 Å². The number of aliphatic hydroxyl groups is 1. The minimum absolute atomic E-state index is 0.00912. The fourth-order valence-corrected chi connectivity index (χ4v) is 2.55. The van der Waals surface area contributed by atoms with Crippen molar-refractivity contribution in [2.45, 2.75) is 26.2 Å². The van der Waals surface area contributed by atoms with Crippen LogP contribution in [0, 0.1) is 5.92 Å². The molecule has 2 rings (SSSR count). The number of anilines is 1. The average Bonchev–Trinajstić information content (AvgIpc) is 2.52. The van der Waals surface area contributed by atoms with E-state index in [0.29, 0.717) is 12.1 Å². The summed E-state index contributed by atoms with van der Waals surface area (Å²) in [4.78, 5) is 18.5. The molecular weight excluding hydrogens is 254 g/mol. The highest BCUT2D eigenvalue weighted by molar-refractivity contribution is 5.99. The van der Waals surface area contributed by atoms with E-state index in [1.54, 1.807) is 12.4 Å². The molecule has 2 heterocycles. The van der Waals surface area contributed by atoms with Gasteiger partial charge in [0, 0.05) is 38.6 Å². The molecule has 5 nitrogen and oxygen atoms in total. The maximum absolute atomic E-state index is 12.6. The lowest BCUT2D eigenvalue weighted by molar-refractivity contribution is 0.0621. The number of likely N-dealkylation sites (tertiary alicyclic amines) is 1. The SMILES string of the molecule is CCCNc1ccncc1C(=O)N1CCCC(CO)C1. The van der Waals surface area contributed by atoms with E-state index in [4.69, 9.17) is 0 Å². The van der Waals surface area contributed by atoms with Crippen LogP contribution in [0.15, 0.2) is 18.5 Å². The molecule has 1 saturated heterocycles. The molecule has 1 fully saturated rings. The van der Waals surface area contributed by atoms with E-state index in [1.165, 1.54) is 0 Å². The molecule has 1 aliphatic heterocycles. The second-order valence-corrected chi connectivity index (χ2v) is 5.29. The predicted octanol–water partition coefficient (Wildman–Crippen LogP) is 1.75. The van der Waals surface area contributed by atoms with Gasteiger partial charge in [-0.05, 0) is 31.2 Å². The molecule has 1 aromatic heterocycles. The minimum atomic E-state index is 0.00912. The van der Waals surface area contributed by atoms with Crippen molar-refractivity contribution >= 4 is 11.6 Å². The Bertz CT molecular complexity index is 450. The first kappa shape index (κ1) is 14.8. The number of pyridine rings is 1. The molecule has 1 aromatic rings. The fraction of sp³-hybridized carbons (Fsp3) is 0.600. The molecule has 110 valence electrons. The van der Waals surface area contributed by atoms with Gasteiger partial charge in [0.2, 0.25) is 0 Å². The zero-order valence-electron chi connectivity index (χ0n) is 12.0. The minimum Gasteiger partial charge on any atom is -0.396 e. The second-order valence-electron chi connectivity index (χ2n) is 5.29. The number of amides is 1. The lowest BCUT2D eigenvalue weighted by Gasteiger charge is -2.32. The molecule has 0 aromatic carbocycles. The Morgan fingerprint density at radius 3 is 3.20 bits per heavy atom. The van der Waals surface area contributed by atoms with Gasteiger partial charge in [-0.15, -0.1) is 0 Å². The van der Waals surface area contributed by atoms with E-state index in [9.17, 15) is 9.90 Å². The zero-order valence-corrected chi connectivity index (χ0v) is 12.0. The summed E-state index contributed by atoms with van der Waals surface area (Å²) >= 11 is 0. The van der Waals surface area contributed by atoms with Crippen molar-refractivity contribution in [3.05, 3.63) is 24.0 Å². The number of nitrogens with zero attached hydrogens (tertiary/aromatic N) is 2. The van der Waals surface area contributed by atoms with Gasteiger partial charge in [-0.25, -0.2) is 0 Å². The van der Waals surface area contributed by atoms with Crippen LogP contribution in [0.4, 0.5) is 5.69 Å². The molecule has 1 amide bonds. The summed E-state index contributed by atoms with van der Waals surface area (Å²) < 4.78 is 0. The molecule has 2 N–H and O–H groups in total. The first-order valence-electron chi connectivity index (χ1n) is 7.34. The number of piperidine rings is 1. The van der Waals surface area contributed by atoms with E-state index in [-0.39, 0.29) is 18.4 Å². The smallest absolute Gasteiger partial charge is 0.257 e. The summed E-state index contributed by atoms with van der Waals surface area (Å²) in [5.74, 6) is 0.214. The Balaban J connectivity index is 2.11. The third kappa shape index (κ3) is 3.48. The number of aromatic nitrogens is 1. The second kappa shape index (κ2) is 7.24. The highest BCUT2D eigenvalue weighted by atomic mass is 16.3. The average molecular weight is 277 g/mol. The van der Waals surface area contributed by atoms with Crippen LogP contribution in [0.5, 0.6) is 0 Å². The van der Waals surface area contributed by atoms with Gasteiger partial charge < -0.3 is 15.3 Å². The number of hydrogen-bond acceptors (Lipinski definition) is 4. The van der Waals surface area contributed by atoms with Crippen molar-refractivity contribution in [3.8, 4) is 0 Å². The number of carbonyl (C=O) groups is 1. The van der Waals surface area contributed by atoms with Gasteiger partial charge >= 0.3 is 0 Å². The quantitative estimate of drug-likeness (QED) is 0.860. The van der Waals surface area contributed by atoms with Crippen LogP contribution in [-0.4, -0.2) is 47.1 Å². The maximum Gasteiger partial charge on any atom is 0.257 e. The highest BCUT2D eigenvalue weighted by Gasteiger charge is 2.25. The lowest BCUT2D eigenvalue weighted by atomic mass is 9.98.